The van der Waals surface area contributed by atoms with Crippen molar-refractivity contribution >= 4 is 17.3 Å². The summed E-state index contributed by atoms with van der Waals surface area (Å²) in [6, 6.07) is 23.5. The highest BCUT2D eigenvalue weighted by atomic mass is 16.5. The highest BCUT2D eigenvalue weighted by Crippen LogP contribution is 2.39. The molecule has 0 saturated carbocycles. The molecular formula is C22H20N2O2. The number of carbonyl (C=O) groups excluding carboxylic acids is 1. The van der Waals surface area contributed by atoms with Gasteiger partial charge in [0.2, 0.25) is 0 Å². The fourth-order valence-corrected chi connectivity index (χ4v) is 3.39. The molecule has 130 valence electrons. The zero-order valence-corrected chi connectivity index (χ0v) is 14.8. The average Bonchev–Trinajstić information content (AvgIpc) is 2.95. The Hall–Kier alpha value is -3.27. The smallest absolute Gasteiger partial charge is 0.260 e. The van der Waals surface area contributed by atoms with Gasteiger partial charge in [-0.2, -0.15) is 0 Å². The summed E-state index contributed by atoms with van der Waals surface area (Å²) in [6.45, 7) is 2.02. The third kappa shape index (κ3) is 2.69. The number of benzene rings is 3. The molecule has 1 heterocycles. The number of ether oxygens (including phenoxy) is 1. The second kappa shape index (κ2) is 6.56. The van der Waals surface area contributed by atoms with Crippen molar-refractivity contribution in [3.63, 3.8) is 0 Å². The summed E-state index contributed by atoms with van der Waals surface area (Å²) in [5.74, 6) is 0.815. The lowest BCUT2D eigenvalue weighted by atomic mass is 10.1. The van der Waals surface area contributed by atoms with Crippen LogP contribution < -0.4 is 15.0 Å². The van der Waals surface area contributed by atoms with E-state index in [0.29, 0.717) is 0 Å². The lowest BCUT2D eigenvalue weighted by Crippen LogP contribution is -2.32. The number of nitrogens with one attached hydrogen (secondary N) is 1. The number of fused-ring (bicyclic) bond motifs is 1. The topological polar surface area (TPSA) is 41.6 Å². The summed E-state index contributed by atoms with van der Waals surface area (Å²) in [7, 11) is 1.65. The van der Waals surface area contributed by atoms with E-state index in [0.717, 1.165) is 33.8 Å². The van der Waals surface area contributed by atoms with Gasteiger partial charge in [-0.25, -0.2) is 0 Å². The predicted molar refractivity (Wildman–Crippen MR) is 104 cm³/mol. The van der Waals surface area contributed by atoms with Crippen molar-refractivity contribution in [2.75, 3.05) is 17.3 Å². The molecule has 1 N–H and O–H groups in total. The van der Waals surface area contributed by atoms with Gasteiger partial charge in [-0.3, -0.25) is 9.69 Å². The highest BCUT2D eigenvalue weighted by molar-refractivity contribution is 6.11. The van der Waals surface area contributed by atoms with Gasteiger partial charge in [-0.1, -0.05) is 36.4 Å². The molecule has 0 fully saturated rings. The van der Waals surface area contributed by atoms with E-state index in [-0.39, 0.29) is 12.1 Å². The maximum Gasteiger partial charge on any atom is 0.260 e. The van der Waals surface area contributed by atoms with Crippen molar-refractivity contribution in [2.45, 2.75) is 13.1 Å². The molecule has 1 aliphatic rings. The van der Waals surface area contributed by atoms with Crippen molar-refractivity contribution in [1.29, 1.82) is 0 Å². The summed E-state index contributed by atoms with van der Waals surface area (Å²) in [5, 5.41) is 3.50. The van der Waals surface area contributed by atoms with Crippen LogP contribution in [-0.2, 0) is 0 Å². The maximum absolute atomic E-state index is 13.1. The van der Waals surface area contributed by atoms with Crippen LogP contribution in [0.4, 0.5) is 11.4 Å². The number of aryl methyl sites for hydroxylation is 1. The molecule has 0 aliphatic carbocycles. The Morgan fingerprint density at radius 1 is 0.923 bits per heavy atom. The number of nitrogens with zero attached hydrogens (tertiary/aromatic N) is 1. The zero-order chi connectivity index (χ0) is 18.1. The Morgan fingerprint density at radius 3 is 2.35 bits per heavy atom. The van der Waals surface area contributed by atoms with Gasteiger partial charge in [0.25, 0.3) is 5.91 Å². The van der Waals surface area contributed by atoms with Crippen LogP contribution in [0.25, 0.3) is 0 Å². The van der Waals surface area contributed by atoms with Crippen LogP contribution in [0.5, 0.6) is 5.75 Å². The average molecular weight is 344 g/mol. The first kappa shape index (κ1) is 16.2. The van der Waals surface area contributed by atoms with Gasteiger partial charge < -0.3 is 10.1 Å². The SMILES string of the molecule is COc1ccc(N[C@@H]2c3ccccc3C(=O)N2c2ccccc2C)cc1. The van der Waals surface area contributed by atoms with Crippen molar-refractivity contribution < 1.29 is 9.53 Å². The Kier molecular flexibility index (Phi) is 4.09. The minimum Gasteiger partial charge on any atom is -0.497 e. The van der Waals surface area contributed by atoms with Gasteiger partial charge in [0.1, 0.15) is 11.9 Å². The second-order valence-electron chi connectivity index (χ2n) is 6.32. The minimum absolute atomic E-state index is 0.0147. The molecule has 0 saturated heterocycles. The number of methoxy groups -OCH3 is 1. The lowest BCUT2D eigenvalue weighted by Gasteiger charge is -2.28. The molecule has 4 heteroatoms. The standard InChI is InChI=1S/C22H20N2O2/c1-15-7-3-6-10-20(15)24-21(18-8-4-5-9-19(18)22(24)25)23-16-11-13-17(26-2)14-12-16/h3-14,21,23H,1-2H3/t21-/m0/s1. The number of carbonyl (C=O) groups is 1. The van der Waals surface area contributed by atoms with Crippen LogP contribution in [-0.4, -0.2) is 13.0 Å². The van der Waals surface area contributed by atoms with Crippen molar-refractivity contribution in [1.82, 2.24) is 0 Å². The zero-order valence-electron chi connectivity index (χ0n) is 14.8. The van der Waals surface area contributed by atoms with E-state index in [9.17, 15) is 4.79 Å². The van der Waals surface area contributed by atoms with Crippen LogP contribution in [0.3, 0.4) is 0 Å². The number of amides is 1. The second-order valence-corrected chi connectivity index (χ2v) is 6.32. The molecule has 4 nitrogen and oxygen atoms in total. The summed E-state index contributed by atoms with van der Waals surface area (Å²) in [4.78, 5) is 15.0. The van der Waals surface area contributed by atoms with Crippen LogP contribution in [0.1, 0.15) is 27.7 Å². The summed E-state index contributed by atoms with van der Waals surface area (Å²) < 4.78 is 5.23. The number of rotatable bonds is 4. The molecular weight excluding hydrogens is 324 g/mol. The Bertz CT molecular complexity index is 950. The lowest BCUT2D eigenvalue weighted by molar-refractivity contribution is 0.0993. The van der Waals surface area contributed by atoms with Crippen molar-refractivity contribution in [3.8, 4) is 5.75 Å². The van der Waals surface area contributed by atoms with Gasteiger partial charge in [-0.15, -0.1) is 0 Å². The van der Waals surface area contributed by atoms with E-state index in [4.69, 9.17) is 4.74 Å². The summed E-state index contributed by atoms with van der Waals surface area (Å²) in [6.07, 6.45) is -0.256. The van der Waals surface area contributed by atoms with Crippen LogP contribution in [0, 0.1) is 6.92 Å². The maximum atomic E-state index is 13.1. The summed E-state index contributed by atoms with van der Waals surface area (Å²) >= 11 is 0. The number of hydrogen-bond acceptors (Lipinski definition) is 3. The first-order valence-electron chi connectivity index (χ1n) is 8.58. The molecule has 3 aromatic carbocycles. The van der Waals surface area contributed by atoms with Crippen LogP contribution >= 0.6 is 0 Å². The van der Waals surface area contributed by atoms with Crippen LogP contribution in [0.2, 0.25) is 0 Å². The van der Waals surface area contributed by atoms with Crippen molar-refractivity contribution in [3.05, 3.63) is 89.5 Å². The quantitative estimate of drug-likeness (QED) is 0.741. The number of anilines is 2. The fourth-order valence-electron chi connectivity index (χ4n) is 3.39. The van der Waals surface area contributed by atoms with E-state index in [2.05, 4.69) is 5.32 Å². The minimum atomic E-state index is -0.256. The van der Waals surface area contributed by atoms with Crippen LogP contribution in [0.15, 0.2) is 72.8 Å². The van der Waals surface area contributed by atoms with Crippen molar-refractivity contribution in [2.24, 2.45) is 0 Å². The molecule has 1 amide bonds. The third-order valence-electron chi connectivity index (χ3n) is 4.73. The third-order valence-corrected chi connectivity index (χ3v) is 4.73. The molecule has 3 aromatic rings. The Labute approximate surface area is 153 Å². The van der Waals surface area contributed by atoms with E-state index in [1.165, 1.54) is 0 Å². The van der Waals surface area contributed by atoms with E-state index >= 15 is 0 Å². The fraction of sp³-hybridized carbons (Fsp3) is 0.136. The Balaban J connectivity index is 1.77. The molecule has 0 aromatic heterocycles. The van der Waals surface area contributed by atoms with Gasteiger partial charge in [0.05, 0.1) is 7.11 Å². The monoisotopic (exact) mass is 344 g/mol. The number of para-hydroxylation sites is 1. The van der Waals surface area contributed by atoms with Gasteiger partial charge in [0, 0.05) is 22.5 Å². The van der Waals surface area contributed by atoms with E-state index in [1.54, 1.807) is 7.11 Å². The predicted octanol–water partition coefficient (Wildman–Crippen LogP) is 4.77. The normalized spacial score (nSPS) is 15.7. The van der Waals surface area contributed by atoms with Gasteiger partial charge >= 0.3 is 0 Å². The Morgan fingerprint density at radius 2 is 1.62 bits per heavy atom. The molecule has 1 atom stereocenters. The highest BCUT2D eigenvalue weighted by Gasteiger charge is 2.38. The first-order chi connectivity index (χ1) is 12.7. The molecule has 0 unspecified atom stereocenters. The molecule has 26 heavy (non-hydrogen) atoms. The van der Waals surface area contributed by atoms with E-state index in [1.807, 2.05) is 84.6 Å². The molecule has 1 aliphatic heterocycles. The first-order valence-corrected chi connectivity index (χ1v) is 8.58. The molecule has 0 radical (unpaired) electrons. The van der Waals surface area contributed by atoms with Gasteiger partial charge in [0.15, 0.2) is 0 Å². The summed E-state index contributed by atoms with van der Waals surface area (Å²) in [5.41, 5.74) is 4.63. The van der Waals surface area contributed by atoms with E-state index < -0.39 is 0 Å². The molecule has 0 bridgehead atoms. The largest absolute Gasteiger partial charge is 0.497 e. The molecule has 4 rings (SSSR count). The van der Waals surface area contributed by atoms with Gasteiger partial charge in [-0.05, 0) is 48.9 Å². The molecule has 0 spiro atoms. The number of hydrogen-bond donors (Lipinski definition) is 1.